The second-order valence-corrected chi connectivity index (χ2v) is 6.48. The number of fused-ring (bicyclic) bond motifs is 1. The third-order valence-corrected chi connectivity index (χ3v) is 5.41. The Morgan fingerprint density at radius 2 is 1.74 bits per heavy atom. The summed E-state index contributed by atoms with van der Waals surface area (Å²) in [5.74, 6) is 0. The van der Waals surface area contributed by atoms with Crippen LogP contribution in [0.2, 0.25) is 0 Å². The molecule has 3 rings (SSSR count). The number of hydrogen-bond donors (Lipinski definition) is 0. The van der Waals surface area contributed by atoms with Gasteiger partial charge in [-0.15, -0.1) is 17.9 Å². The van der Waals surface area contributed by atoms with E-state index in [-0.39, 0.29) is 0 Å². The number of thiophene rings is 1. The van der Waals surface area contributed by atoms with Crippen molar-refractivity contribution in [3.63, 3.8) is 0 Å². The van der Waals surface area contributed by atoms with E-state index in [1.807, 2.05) is 29.2 Å². The average Bonchev–Trinajstić information content (AvgIpc) is 2.79. The summed E-state index contributed by atoms with van der Waals surface area (Å²) in [6, 6.07) is 19.2. The highest BCUT2D eigenvalue weighted by atomic mass is 32.2. The van der Waals surface area contributed by atoms with Crippen molar-refractivity contribution in [2.24, 2.45) is 0 Å². The van der Waals surface area contributed by atoms with Gasteiger partial charge in [0.25, 0.3) is 0 Å². The van der Waals surface area contributed by atoms with Crippen LogP contribution in [0.1, 0.15) is 4.88 Å². The molecule has 0 fully saturated rings. The van der Waals surface area contributed by atoms with Crippen LogP contribution in [0.3, 0.4) is 0 Å². The molecule has 0 spiro atoms. The first-order valence-corrected chi connectivity index (χ1v) is 7.86. The van der Waals surface area contributed by atoms with Crippen LogP contribution < -0.4 is 0 Å². The Kier molecular flexibility index (Phi) is 3.72. The summed E-state index contributed by atoms with van der Waals surface area (Å²) in [4.78, 5) is 4.08. The van der Waals surface area contributed by atoms with E-state index in [2.05, 4.69) is 61.2 Å². The molecule has 2 aromatic carbocycles. The Hall–Kier alpha value is -1.51. The molecule has 0 saturated heterocycles. The fourth-order valence-corrected chi connectivity index (χ4v) is 4.48. The topological polar surface area (TPSA) is 0 Å². The molecule has 0 saturated carbocycles. The molecule has 0 aliphatic carbocycles. The lowest BCUT2D eigenvalue weighted by atomic mass is 10.2. The SMILES string of the molecule is C=CCc1sc2ccccc2c1Sc1ccccc1. The van der Waals surface area contributed by atoms with Crippen molar-refractivity contribution in [3.8, 4) is 0 Å². The van der Waals surface area contributed by atoms with E-state index in [1.165, 1.54) is 24.8 Å². The molecule has 0 bridgehead atoms. The first-order chi connectivity index (χ1) is 9.38. The van der Waals surface area contributed by atoms with Crippen molar-refractivity contribution >= 4 is 33.2 Å². The summed E-state index contributed by atoms with van der Waals surface area (Å²) in [7, 11) is 0. The van der Waals surface area contributed by atoms with E-state index in [4.69, 9.17) is 0 Å². The third-order valence-electron chi connectivity index (χ3n) is 2.91. The van der Waals surface area contributed by atoms with E-state index in [9.17, 15) is 0 Å². The highest BCUT2D eigenvalue weighted by Gasteiger charge is 2.11. The molecule has 0 nitrogen and oxygen atoms in total. The van der Waals surface area contributed by atoms with Crippen molar-refractivity contribution in [1.82, 2.24) is 0 Å². The zero-order valence-electron chi connectivity index (χ0n) is 10.5. The van der Waals surface area contributed by atoms with Gasteiger partial charge in [-0.3, -0.25) is 0 Å². The molecular weight excluding hydrogens is 268 g/mol. The van der Waals surface area contributed by atoms with Gasteiger partial charge in [-0.2, -0.15) is 0 Å². The van der Waals surface area contributed by atoms with E-state index in [1.54, 1.807) is 0 Å². The summed E-state index contributed by atoms with van der Waals surface area (Å²) in [5, 5.41) is 1.36. The molecule has 0 amide bonds. The zero-order chi connectivity index (χ0) is 13.1. The van der Waals surface area contributed by atoms with E-state index in [0.717, 1.165) is 6.42 Å². The Morgan fingerprint density at radius 3 is 2.53 bits per heavy atom. The van der Waals surface area contributed by atoms with Gasteiger partial charge in [0, 0.05) is 31.2 Å². The van der Waals surface area contributed by atoms with Gasteiger partial charge in [-0.1, -0.05) is 54.2 Å². The fourth-order valence-electron chi connectivity index (χ4n) is 2.06. The Bertz CT molecular complexity index is 696. The second-order valence-electron chi connectivity index (χ2n) is 4.26. The lowest BCUT2D eigenvalue weighted by Gasteiger charge is -2.03. The van der Waals surface area contributed by atoms with Crippen molar-refractivity contribution in [2.75, 3.05) is 0 Å². The van der Waals surface area contributed by atoms with Gasteiger partial charge in [-0.05, 0) is 18.2 Å². The van der Waals surface area contributed by atoms with Gasteiger partial charge < -0.3 is 0 Å². The van der Waals surface area contributed by atoms with Crippen LogP contribution in [0, 0.1) is 0 Å². The second kappa shape index (κ2) is 5.64. The first kappa shape index (κ1) is 12.5. The molecule has 1 aromatic heterocycles. The van der Waals surface area contributed by atoms with Crippen LogP contribution in [-0.2, 0) is 6.42 Å². The molecule has 0 aliphatic heterocycles. The number of allylic oxidation sites excluding steroid dienone is 1. The maximum absolute atomic E-state index is 3.87. The zero-order valence-corrected chi connectivity index (χ0v) is 12.1. The summed E-state index contributed by atoms with van der Waals surface area (Å²) >= 11 is 3.73. The summed E-state index contributed by atoms with van der Waals surface area (Å²) in [6.45, 7) is 3.87. The number of rotatable bonds is 4. The Morgan fingerprint density at radius 1 is 1.00 bits per heavy atom. The number of hydrogen-bond acceptors (Lipinski definition) is 2. The maximum atomic E-state index is 3.87. The lowest BCUT2D eigenvalue weighted by molar-refractivity contribution is 1.27. The average molecular weight is 282 g/mol. The van der Waals surface area contributed by atoms with Crippen LogP contribution in [0.25, 0.3) is 10.1 Å². The first-order valence-electron chi connectivity index (χ1n) is 6.22. The molecule has 0 radical (unpaired) electrons. The third kappa shape index (κ3) is 2.60. The van der Waals surface area contributed by atoms with Crippen molar-refractivity contribution in [1.29, 1.82) is 0 Å². The molecule has 3 aromatic rings. The molecule has 1 heterocycles. The molecular formula is C17H14S2. The quantitative estimate of drug-likeness (QED) is 0.546. The van der Waals surface area contributed by atoms with Gasteiger partial charge in [0.2, 0.25) is 0 Å². The lowest BCUT2D eigenvalue weighted by Crippen LogP contribution is -1.79. The van der Waals surface area contributed by atoms with Crippen LogP contribution in [-0.4, -0.2) is 0 Å². The minimum Gasteiger partial charge on any atom is -0.139 e. The largest absolute Gasteiger partial charge is 0.139 e. The molecule has 0 aliphatic rings. The van der Waals surface area contributed by atoms with Crippen molar-refractivity contribution < 1.29 is 0 Å². The van der Waals surface area contributed by atoms with Crippen molar-refractivity contribution in [2.45, 2.75) is 16.2 Å². The highest BCUT2D eigenvalue weighted by Crippen LogP contribution is 2.41. The molecule has 0 atom stereocenters. The van der Waals surface area contributed by atoms with Crippen LogP contribution in [0.15, 0.2) is 77.0 Å². The summed E-state index contributed by atoms with van der Waals surface area (Å²) < 4.78 is 1.36. The maximum Gasteiger partial charge on any atom is 0.0357 e. The van der Waals surface area contributed by atoms with Gasteiger partial charge in [0.15, 0.2) is 0 Å². The number of benzene rings is 2. The van der Waals surface area contributed by atoms with Crippen molar-refractivity contribution in [3.05, 3.63) is 72.1 Å². The monoisotopic (exact) mass is 282 g/mol. The summed E-state index contributed by atoms with van der Waals surface area (Å²) in [5.41, 5.74) is 0. The minimum atomic E-state index is 0.939. The van der Waals surface area contributed by atoms with E-state index >= 15 is 0 Å². The Labute approximate surface area is 121 Å². The van der Waals surface area contributed by atoms with Gasteiger partial charge in [0.05, 0.1) is 0 Å². The van der Waals surface area contributed by atoms with Crippen LogP contribution >= 0.6 is 23.1 Å². The standard InChI is InChI=1S/C17H14S2/c1-2-8-16-17(18-13-9-4-3-5-10-13)14-11-6-7-12-15(14)19-16/h2-7,9-12H,1,8H2. The summed E-state index contributed by atoms with van der Waals surface area (Å²) in [6.07, 6.45) is 2.92. The highest BCUT2D eigenvalue weighted by molar-refractivity contribution is 7.99. The molecule has 94 valence electrons. The van der Waals surface area contributed by atoms with Gasteiger partial charge in [-0.25, -0.2) is 0 Å². The minimum absolute atomic E-state index is 0.939. The predicted molar refractivity (Wildman–Crippen MR) is 86.3 cm³/mol. The normalized spacial score (nSPS) is 10.7. The fraction of sp³-hybridized carbons (Fsp3) is 0.0588. The van der Waals surface area contributed by atoms with Gasteiger partial charge in [0.1, 0.15) is 0 Å². The van der Waals surface area contributed by atoms with Crippen LogP contribution in [0.5, 0.6) is 0 Å². The Balaban J connectivity index is 2.09. The molecule has 19 heavy (non-hydrogen) atoms. The predicted octanol–water partition coefficient (Wildman–Crippen LogP) is 5.78. The molecule has 0 unspecified atom stereocenters. The van der Waals surface area contributed by atoms with Gasteiger partial charge >= 0.3 is 0 Å². The molecule has 0 N–H and O–H groups in total. The van der Waals surface area contributed by atoms with E-state index in [0.29, 0.717) is 0 Å². The molecule has 2 heteroatoms. The smallest absolute Gasteiger partial charge is 0.0357 e. The van der Waals surface area contributed by atoms with E-state index < -0.39 is 0 Å². The van der Waals surface area contributed by atoms with Crippen LogP contribution in [0.4, 0.5) is 0 Å².